The monoisotopic (exact) mass is 316 g/mol. The van der Waals surface area contributed by atoms with E-state index in [1.165, 1.54) is 6.42 Å². The van der Waals surface area contributed by atoms with E-state index >= 15 is 0 Å². The minimum atomic E-state index is -0.892. The van der Waals surface area contributed by atoms with Crippen molar-refractivity contribution >= 4 is 23.8 Å². The van der Waals surface area contributed by atoms with Gasteiger partial charge in [0.25, 0.3) is 0 Å². The van der Waals surface area contributed by atoms with E-state index in [2.05, 4.69) is 11.6 Å². The average Bonchev–Trinajstić information content (AvgIpc) is 2.47. The first-order valence-corrected chi connectivity index (χ1v) is 8.80. The molecule has 3 atom stereocenters. The molecule has 0 radical (unpaired) electrons. The molecule has 0 spiro atoms. The average molecular weight is 316 g/mol. The number of carbonyl (C=O) groups is 2. The van der Waals surface area contributed by atoms with Gasteiger partial charge in [-0.25, -0.2) is 4.79 Å². The molecule has 6 nitrogen and oxygen atoms in total. The number of nitrogens with one attached hydrogen (secondary N) is 1. The maximum absolute atomic E-state index is 12.4. The number of nitrogens with zero attached hydrogens (tertiary/aromatic N) is 1. The highest BCUT2D eigenvalue weighted by molar-refractivity contribution is 7.99. The molecule has 1 aliphatic carbocycles. The fourth-order valence-electron chi connectivity index (χ4n) is 3.02. The van der Waals surface area contributed by atoms with Crippen LogP contribution >= 0.6 is 11.8 Å². The molecule has 1 heterocycles. The van der Waals surface area contributed by atoms with Crippen LogP contribution in [0.5, 0.6) is 0 Å². The van der Waals surface area contributed by atoms with Crippen molar-refractivity contribution in [3.05, 3.63) is 0 Å². The minimum Gasteiger partial charge on any atom is -0.481 e. The Hall–Kier alpha value is -0.950. The highest BCUT2D eigenvalue weighted by atomic mass is 32.2. The van der Waals surface area contributed by atoms with Crippen molar-refractivity contribution in [1.29, 1.82) is 0 Å². The lowest BCUT2D eigenvalue weighted by molar-refractivity contribution is -0.141. The van der Waals surface area contributed by atoms with Crippen LogP contribution in [0.1, 0.15) is 32.1 Å². The highest BCUT2D eigenvalue weighted by Crippen LogP contribution is 2.27. The van der Waals surface area contributed by atoms with Gasteiger partial charge >= 0.3 is 12.0 Å². The van der Waals surface area contributed by atoms with Crippen molar-refractivity contribution in [2.75, 3.05) is 26.0 Å². The third-order valence-corrected chi connectivity index (χ3v) is 5.31. The van der Waals surface area contributed by atoms with Crippen molar-refractivity contribution in [2.45, 2.75) is 49.5 Å². The lowest BCUT2D eigenvalue weighted by Crippen LogP contribution is -2.54. The van der Waals surface area contributed by atoms with Crippen LogP contribution in [0.4, 0.5) is 4.79 Å². The Labute approximate surface area is 129 Å². The third kappa shape index (κ3) is 4.78. The first-order valence-electron chi connectivity index (χ1n) is 7.51. The van der Waals surface area contributed by atoms with Crippen LogP contribution < -0.4 is 5.32 Å². The number of morpholine rings is 1. The molecule has 0 bridgehead atoms. The second kappa shape index (κ2) is 7.89. The quantitative estimate of drug-likeness (QED) is 0.822. The molecule has 1 saturated heterocycles. The van der Waals surface area contributed by atoms with Gasteiger partial charge in [0.05, 0.1) is 19.1 Å². The molecule has 2 N–H and O–H groups in total. The van der Waals surface area contributed by atoms with E-state index in [0.717, 1.165) is 19.3 Å². The smallest absolute Gasteiger partial charge is 0.317 e. The van der Waals surface area contributed by atoms with Crippen molar-refractivity contribution in [3.63, 3.8) is 0 Å². The number of aliphatic carboxylic acids is 1. The third-order valence-electron chi connectivity index (χ3n) is 4.14. The Morgan fingerprint density at radius 3 is 2.86 bits per heavy atom. The van der Waals surface area contributed by atoms with Gasteiger partial charge in [-0.3, -0.25) is 4.79 Å². The first kappa shape index (κ1) is 16.4. The molecular formula is C14H24N2O4S. The summed E-state index contributed by atoms with van der Waals surface area (Å²) in [5, 5.41) is 12.4. The number of ether oxygens (including phenoxy) is 1. The maximum Gasteiger partial charge on any atom is 0.317 e. The summed E-state index contributed by atoms with van der Waals surface area (Å²) in [6.45, 7) is 1.29. The molecule has 2 fully saturated rings. The van der Waals surface area contributed by atoms with Crippen LogP contribution in [0.3, 0.4) is 0 Å². The van der Waals surface area contributed by atoms with Gasteiger partial charge in [0, 0.05) is 24.4 Å². The summed E-state index contributed by atoms with van der Waals surface area (Å²) >= 11 is 1.82. The Kier molecular flexibility index (Phi) is 6.17. The van der Waals surface area contributed by atoms with Crippen LogP contribution in [0.25, 0.3) is 0 Å². The zero-order valence-electron chi connectivity index (χ0n) is 12.4. The standard InChI is InChI=1S/C14H24N2O4S/c1-21-12-5-3-2-4-11(12)15-14(19)16-6-7-20-10(9-16)8-13(17)18/h10-12H,2-9H2,1H3,(H,15,19)(H,17,18). The Bertz CT molecular complexity index is 380. The van der Waals surface area contributed by atoms with Crippen molar-refractivity contribution in [2.24, 2.45) is 0 Å². The summed E-state index contributed by atoms with van der Waals surface area (Å²) in [6, 6.07) is 0.140. The Morgan fingerprint density at radius 2 is 2.14 bits per heavy atom. The molecule has 120 valence electrons. The lowest BCUT2D eigenvalue weighted by Gasteiger charge is -2.36. The number of amides is 2. The fraction of sp³-hybridized carbons (Fsp3) is 0.857. The summed E-state index contributed by atoms with van der Waals surface area (Å²) in [5.41, 5.74) is 0. The zero-order chi connectivity index (χ0) is 15.2. The molecule has 0 aromatic carbocycles. The van der Waals surface area contributed by atoms with Gasteiger partial charge < -0.3 is 20.1 Å². The van der Waals surface area contributed by atoms with E-state index < -0.39 is 12.1 Å². The molecule has 2 rings (SSSR count). The van der Waals surface area contributed by atoms with E-state index in [1.807, 2.05) is 11.8 Å². The molecular weight excluding hydrogens is 292 g/mol. The van der Waals surface area contributed by atoms with Crippen molar-refractivity contribution in [3.8, 4) is 0 Å². The number of thioether (sulfide) groups is 1. The van der Waals surface area contributed by atoms with Crippen LogP contribution in [-0.2, 0) is 9.53 Å². The second-order valence-corrected chi connectivity index (χ2v) is 6.73. The summed E-state index contributed by atoms with van der Waals surface area (Å²) in [4.78, 5) is 24.8. The summed E-state index contributed by atoms with van der Waals surface area (Å²) < 4.78 is 5.39. The van der Waals surface area contributed by atoms with E-state index in [1.54, 1.807) is 4.90 Å². The topological polar surface area (TPSA) is 78.9 Å². The molecule has 21 heavy (non-hydrogen) atoms. The summed E-state index contributed by atoms with van der Waals surface area (Å²) in [5.74, 6) is -0.892. The molecule has 1 saturated carbocycles. The second-order valence-electron chi connectivity index (χ2n) is 5.65. The van der Waals surface area contributed by atoms with Crippen molar-refractivity contribution < 1.29 is 19.4 Å². The van der Waals surface area contributed by atoms with Gasteiger partial charge in [-0.15, -0.1) is 0 Å². The maximum atomic E-state index is 12.4. The Morgan fingerprint density at radius 1 is 1.38 bits per heavy atom. The van der Waals surface area contributed by atoms with E-state index in [9.17, 15) is 9.59 Å². The zero-order valence-corrected chi connectivity index (χ0v) is 13.2. The molecule has 0 aromatic heterocycles. The molecule has 2 aliphatic rings. The number of urea groups is 1. The van der Waals surface area contributed by atoms with E-state index in [4.69, 9.17) is 9.84 Å². The van der Waals surface area contributed by atoms with Gasteiger partial charge in [0.2, 0.25) is 0 Å². The van der Waals surface area contributed by atoms with Gasteiger partial charge in [-0.05, 0) is 19.1 Å². The number of carbonyl (C=O) groups excluding carboxylic acids is 1. The highest BCUT2D eigenvalue weighted by Gasteiger charge is 2.30. The van der Waals surface area contributed by atoms with Crippen LogP contribution in [0.2, 0.25) is 0 Å². The SMILES string of the molecule is CSC1CCCCC1NC(=O)N1CCOC(CC(=O)O)C1. The first-order chi connectivity index (χ1) is 10.1. The van der Waals surface area contributed by atoms with Gasteiger partial charge in [-0.1, -0.05) is 12.8 Å². The van der Waals surface area contributed by atoms with Gasteiger partial charge in [0.15, 0.2) is 0 Å². The van der Waals surface area contributed by atoms with E-state index in [0.29, 0.717) is 24.9 Å². The van der Waals surface area contributed by atoms with Crippen molar-refractivity contribution in [1.82, 2.24) is 10.2 Å². The number of carboxylic acids is 1. The lowest BCUT2D eigenvalue weighted by atomic mass is 9.95. The van der Waals surface area contributed by atoms with Gasteiger partial charge in [0.1, 0.15) is 0 Å². The summed E-state index contributed by atoms with van der Waals surface area (Å²) in [6.07, 6.45) is 6.21. The summed E-state index contributed by atoms with van der Waals surface area (Å²) in [7, 11) is 0. The normalized spacial score (nSPS) is 30.0. The van der Waals surface area contributed by atoms with Gasteiger partial charge in [-0.2, -0.15) is 11.8 Å². The number of hydrogen-bond donors (Lipinski definition) is 2. The predicted octanol–water partition coefficient (Wildman–Crippen LogP) is 1.55. The fourth-order valence-corrected chi connectivity index (χ4v) is 3.95. The van der Waals surface area contributed by atoms with Crippen LogP contribution in [-0.4, -0.2) is 65.4 Å². The molecule has 7 heteroatoms. The number of rotatable bonds is 4. The molecule has 0 aromatic rings. The largest absolute Gasteiger partial charge is 0.481 e. The molecule has 2 amide bonds. The molecule has 3 unspecified atom stereocenters. The Balaban J connectivity index is 1.85. The van der Waals surface area contributed by atoms with Crippen LogP contribution in [0, 0.1) is 0 Å². The number of carboxylic acid groups (broad SMARTS) is 1. The number of hydrogen-bond acceptors (Lipinski definition) is 4. The molecule has 1 aliphatic heterocycles. The van der Waals surface area contributed by atoms with E-state index in [-0.39, 0.29) is 18.5 Å². The predicted molar refractivity (Wildman–Crippen MR) is 81.7 cm³/mol. The minimum absolute atomic E-state index is 0.0549. The van der Waals surface area contributed by atoms with Crippen LogP contribution in [0.15, 0.2) is 0 Å².